The molecule has 1 amide bonds. The van der Waals surface area contributed by atoms with E-state index in [1.54, 1.807) is 35.0 Å². The molecule has 0 unspecified atom stereocenters. The molecule has 1 aromatic heterocycles. The molecule has 162 valence electrons. The van der Waals surface area contributed by atoms with Crippen molar-refractivity contribution >= 4 is 21.6 Å². The molecule has 4 rings (SSSR count). The van der Waals surface area contributed by atoms with Gasteiger partial charge in [-0.1, -0.05) is 24.3 Å². The number of hydrogen-bond acceptors (Lipinski definition) is 6. The Balaban J connectivity index is 1.42. The molecule has 3 aromatic rings. The van der Waals surface area contributed by atoms with Crippen LogP contribution in [-0.4, -0.2) is 51.9 Å². The Morgan fingerprint density at radius 1 is 1.06 bits per heavy atom. The molecule has 0 atom stereocenters. The normalized spacial score (nSPS) is 15.7. The minimum Gasteiger partial charge on any atom is -0.326 e. The van der Waals surface area contributed by atoms with Gasteiger partial charge in [0, 0.05) is 24.7 Å². The second-order valence-corrected chi connectivity index (χ2v) is 9.56. The summed E-state index contributed by atoms with van der Waals surface area (Å²) in [7, 11) is -3.53. The number of nitrogens with one attached hydrogen (secondary N) is 1. The molecule has 10 heteroatoms. The Labute approximate surface area is 181 Å². The maximum Gasteiger partial charge on any atom is 0.243 e. The molecule has 1 aliphatic heterocycles. The molecule has 1 N–H and O–H groups in total. The van der Waals surface area contributed by atoms with E-state index in [1.165, 1.54) is 4.31 Å². The zero-order valence-corrected chi connectivity index (χ0v) is 18.2. The van der Waals surface area contributed by atoms with E-state index in [9.17, 15) is 13.2 Å². The molecule has 1 saturated heterocycles. The fourth-order valence-corrected chi connectivity index (χ4v) is 5.20. The summed E-state index contributed by atoms with van der Waals surface area (Å²) in [5.41, 5.74) is 2.43. The first-order chi connectivity index (χ1) is 14.9. The van der Waals surface area contributed by atoms with E-state index in [0.717, 1.165) is 11.3 Å². The Bertz CT molecular complexity index is 1180. The number of hydrogen-bond donors (Lipinski definition) is 1. The number of aryl methyl sites for hydroxylation is 2. The van der Waals surface area contributed by atoms with Crippen LogP contribution in [0.15, 0.2) is 53.4 Å². The van der Waals surface area contributed by atoms with E-state index in [4.69, 9.17) is 0 Å². The molecule has 0 aliphatic carbocycles. The largest absolute Gasteiger partial charge is 0.326 e. The maximum absolute atomic E-state index is 12.8. The van der Waals surface area contributed by atoms with E-state index < -0.39 is 10.0 Å². The second kappa shape index (κ2) is 8.56. The van der Waals surface area contributed by atoms with E-state index in [1.807, 2.05) is 32.0 Å². The molecule has 31 heavy (non-hydrogen) atoms. The van der Waals surface area contributed by atoms with E-state index >= 15 is 0 Å². The van der Waals surface area contributed by atoms with Gasteiger partial charge in [-0.3, -0.25) is 4.79 Å². The lowest BCUT2D eigenvalue weighted by molar-refractivity contribution is -0.120. The Hall–Kier alpha value is -3.11. The van der Waals surface area contributed by atoms with E-state index in [2.05, 4.69) is 20.8 Å². The van der Waals surface area contributed by atoms with Crippen molar-refractivity contribution in [1.82, 2.24) is 24.5 Å². The van der Waals surface area contributed by atoms with Gasteiger partial charge in [0.25, 0.3) is 0 Å². The molecule has 0 spiro atoms. The van der Waals surface area contributed by atoms with Crippen LogP contribution in [0.3, 0.4) is 0 Å². The zero-order chi connectivity index (χ0) is 22.0. The Morgan fingerprint density at radius 3 is 2.42 bits per heavy atom. The van der Waals surface area contributed by atoms with Crippen LogP contribution >= 0.6 is 0 Å². The highest BCUT2D eigenvalue weighted by molar-refractivity contribution is 7.89. The monoisotopic (exact) mass is 440 g/mol. The van der Waals surface area contributed by atoms with Crippen LogP contribution in [0.2, 0.25) is 0 Å². The van der Waals surface area contributed by atoms with Crippen molar-refractivity contribution in [2.24, 2.45) is 5.92 Å². The van der Waals surface area contributed by atoms with Crippen molar-refractivity contribution < 1.29 is 13.2 Å². The predicted octanol–water partition coefficient (Wildman–Crippen LogP) is 2.32. The average Bonchev–Trinajstić information content (AvgIpc) is 3.21. The second-order valence-electron chi connectivity index (χ2n) is 7.62. The van der Waals surface area contributed by atoms with Gasteiger partial charge in [-0.05, 0) is 66.9 Å². The fraction of sp³-hybridized carbons (Fsp3) is 0.333. The number of nitrogens with zero attached hydrogens (tertiary/aromatic N) is 5. The minimum absolute atomic E-state index is 0.111. The van der Waals surface area contributed by atoms with Gasteiger partial charge in [-0.25, -0.2) is 8.42 Å². The summed E-state index contributed by atoms with van der Waals surface area (Å²) in [5, 5.41) is 14.5. The van der Waals surface area contributed by atoms with Crippen molar-refractivity contribution in [3.8, 4) is 5.69 Å². The van der Waals surface area contributed by atoms with Crippen molar-refractivity contribution in [3.05, 3.63) is 59.9 Å². The summed E-state index contributed by atoms with van der Waals surface area (Å²) >= 11 is 0. The maximum atomic E-state index is 12.8. The van der Waals surface area contributed by atoms with Gasteiger partial charge < -0.3 is 5.32 Å². The van der Waals surface area contributed by atoms with Crippen molar-refractivity contribution in [1.29, 1.82) is 0 Å². The summed E-state index contributed by atoms with van der Waals surface area (Å²) in [4.78, 5) is 13.1. The number of aromatic nitrogens is 4. The molecule has 1 aliphatic rings. The SMILES string of the molecule is Cc1ccc(NC(=O)C2CCN(S(=O)(=O)c3ccccc3)CC2)cc1-n1nnnc1C. The lowest BCUT2D eigenvalue weighted by atomic mass is 9.97. The Kier molecular flexibility index (Phi) is 5.84. The average molecular weight is 441 g/mol. The first-order valence-corrected chi connectivity index (χ1v) is 11.5. The zero-order valence-electron chi connectivity index (χ0n) is 17.4. The summed E-state index contributed by atoms with van der Waals surface area (Å²) in [5.74, 6) is 0.292. The van der Waals surface area contributed by atoms with E-state index in [0.29, 0.717) is 37.4 Å². The third-order valence-electron chi connectivity index (χ3n) is 5.54. The van der Waals surface area contributed by atoms with Crippen LogP contribution in [0.1, 0.15) is 24.2 Å². The summed E-state index contributed by atoms with van der Waals surface area (Å²) in [6.07, 6.45) is 0.950. The highest BCUT2D eigenvalue weighted by Gasteiger charge is 2.32. The first-order valence-electron chi connectivity index (χ1n) is 10.1. The van der Waals surface area contributed by atoms with Crippen LogP contribution < -0.4 is 5.32 Å². The molecule has 0 saturated carbocycles. The fourth-order valence-electron chi connectivity index (χ4n) is 3.71. The lowest BCUT2D eigenvalue weighted by Crippen LogP contribution is -2.41. The smallest absolute Gasteiger partial charge is 0.243 e. The molecule has 2 aromatic carbocycles. The molecule has 1 fully saturated rings. The molecule has 2 heterocycles. The topological polar surface area (TPSA) is 110 Å². The lowest BCUT2D eigenvalue weighted by Gasteiger charge is -2.30. The van der Waals surface area contributed by atoms with Gasteiger partial charge in [0.1, 0.15) is 0 Å². The van der Waals surface area contributed by atoms with Crippen molar-refractivity contribution in [2.45, 2.75) is 31.6 Å². The number of amides is 1. The van der Waals surface area contributed by atoms with Crippen LogP contribution in [0.25, 0.3) is 5.69 Å². The molecule has 9 nitrogen and oxygen atoms in total. The first kappa shape index (κ1) is 21.1. The number of tetrazole rings is 1. The number of benzene rings is 2. The summed E-state index contributed by atoms with van der Waals surface area (Å²) in [6, 6.07) is 14.0. The van der Waals surface area contributed by atoms with Crippen LogP contribution in [0.5, 0.6) is 0 Å². The number of sulfonamides is 1. The third-order valence-corrected chi connectivity index (χ3v) is 7.45. The highest BCUT2D eigenvalue weighted by Crippen LogP contribution is 2.26. The molecular formula is C21H24N6O3S. The summed E-state index contributed by atoms with van der Waals surface area (Å²) < 4.78 is 28.6. The number of rotatable bonds is 5. The number of anilines is 1. The molecule has 0 radical (unpaired) electrons. The molecular weight excluding hydrogens is 416 g/mol. The minimum atomic E-state index is -3.53. The van der Waals surface area contributed by atoms with Gasteiger partial charge >= 0.3 is 0 Å². The quantitative estimate of drug-likeness (QED) is 0.652. The number of piperidine rings is 1. The van der Waals surface area contributed by atoms with Crippen LogP contribution in [0.4, 0.5) is 5.69 Å². The summed E-state index contributed by atoms with van der Waals surface area (Å²) in [6.45, 7) is 4.39. The Morgan fingerprint density at radius 2 is 1.77 bits per heavy atom. The highest BCUT2D eigenvalue weighted by atomic mass is 32.2. The van der Waals surface area contributed by atoms with Gasteiger partial charge in [0.05, 0.1) is 10.6 Å². The molecule has 0 bridgehead atoms. The number of carbonyl (C=O) groups excluding carboxylic acids is 1. The van der Waals surface area contributed by atoms with Crippen LogP contribution in [-0.2, 0) is 14.8 Å². The van der Waals surface area contributed by atoms with Gasteiger partial charge in [-0.2, -0.15) is 8.99 Å². The van der Waals surface area contributed by atoms with E-state index in [-0.39, 0.29) is 16.7 Å². The van der Waals surface area contributed by atoms with Gasteiger partial charge in [0.15, 0.2) is 5.82 Å². The predicted molar refractivity (Wildman–Crippen MR) is 115 cm³/mol. The van der Waals surface area contributed by atoms with Crippen LogP contribution in [0, 0.1) is 19.8 Å². The standard InChI is InChI=1S/C21H24N6O3S/c1-15-8-9-18(14-20(15)27-16(2)23-24-25-27)22-21(28)17-10-12-26(13-11-17)31(29,30)19-6-4-3-5-7-19/h3-9,14,17H,10-13H2,1-2H3,(H,22,28). The number of carbonyl (C=O) groups is 1. The van der Waals surface area contributed by atoms with Gasteiger partial charge in [-0.15, -0.1) is 5.10 Å². The third kappa shape index (κ3) is 4.35. The van der Waals surface area contributed by atoms with Crippen molar-refractivity contribution in [3.63, 3.8) is 0 Å². The van der Waals surface area contributed by atoms with Crippen molar-refractivity contribution in [2.75, 3.05) is 18.4 Å². The van der Waals surface area contributed by atoms with Gasteiger partial charge in [0.2, 0.25) is 15.9 Å².